The van der Waals surface area contributed by atoms with Gasteiger partial charge in [0.05, 0.1) is 0 Å². The van der Waals surface area contributed by atoms with Gasteiger partial charge in [0.25, 0.3) is 5.56 Å². The number of sulfonamides is 1. The van der Waals surface area contributed by atoms with E-state index in [1.54, 1.807) is 0 Å². The van der Waals surface area contributed by atoms with Gasteiger partial charge in [-0.15, -0.1) is 0 Å². The molecular formula is C13H13F2N3O3S. The molecule has 1 aromatic heterocycles. The van der Waals surface area contributed by atoms with Crippen molar-refractivity contribution in [2.24, 2.45) is 7.05 Å². The lowest BCUT2D eigenvalue weighted by Gasteiger charge is -2.09. The highest BCUT2D eigenvalue weighted by molar-refractivity contribution is 7.89. The van der Waals surface area contributed by atoms with Gasteiger partial charge in [-0.2, -0.15) is 0 Å². The highest BCUT2D eigenvalue weighted by Gasteiger charge is 2.21. The number of hydrogen-bond acceptors (Lipinski definition) is 4. The van der Waals surface area contributed by atoms with Crippen LogP contribution in [-0.4, -0.2) is 24.5 Å². The Morgan fingerprint density at radius 1 is 1.27 bits per heavy atom. The smallest absolute Gasteiger partial charge is 0.253 e. The topological polar surface area (TPSA) is 81.1 Å². The first-order chi connectivity index (χ1) is 10.3. The molecule has 118 valence electrons. The summed E-state index contributed by atoms with van der Waals surface area (Å²) in [5.74, 6) is -2.30. The molecule has 22 heavy (non-hydrogen) atoms. The Hall–Kier alpha value is -2.13. The molecule has 6 nitrogen and oxygen atoms in total. The van der Waals surface area contributed by atoms with Gasteiger partial charge >= 0.3 is 0 Å². The molecule has 0 aliphatic carbocycles. The summed E-state index contributed by atoms with van der Waals surface area (Å²) in [7, 11) is -2.68. The molecule has 2 rings (SSSR count). The molecule has 0 saturated heterocycles. The van der Waals surface area contributed by atoms with E-state index < -0.39 is 26.6 Å². The van der Waals surface area contributed by atoms with Gasteiger partial charge in [-0.05, 0) is 12.1 Å². The normalized spacial score (nSPS) is 11.6. The maximum Gasteiger partial charge on any atom is 0.253 e. The molecule has 1 heterocycles. The van der Waals surface area contributed by atoms with Crippen LogP contribution >= 0.6 is 0 Å². The molecule has 0 saturated carbocycles. The highest BCUT2D eigenvalue weighted by atomic mass is 32.2. The Labute approximate surface area is 125 Å². The van der Waals surface area contributed by atoms with Crippen molar-refractivity contribution in [2.45, 2.75) is 11.3 Å². The Balaban J connectivity index is 2.12. The summed E-state index contributed by atoms with van der Waals surface area (Å²) in [6.07, 6.45) is 1.45. The molecule has 2 aromatic rings. The number of benzene rings is 1. The van der Waals surface area contributed by atoms with Gasteiger partial charge in [-0.1, -0.05) is 6.07 Å². The average molecular weight is 329 g/mol. The van der Waals surface area contributed by atoms with E-state index in [0.717, 1.165) is 18.2 Å². The minimum absolute atomic E-state index is 0.109. The number of halogens is 2. The molecule has 0 radical (unpaired) electrons. The van der Waals surface area contributed by atoms with Crippen molar-refractivity contribution >= 4 is 10.0 Å². The van der Waals surface area contributed by atoms with Crippen molar-refractivity contribution < 1.29 is 17.2 Å². The van der Waals surface area contributed by atoms with Gasteiger partial charge in [-0.25, -0.2) is 26.9 Å². The predicted octanol–water partition coefficient (Wildman–Crippen LogP) is 0.579. The van der Waals surface area contributed by atoms with E-state index in [-0.39, 0.29) is 18.5 Å². The highest BCUT2D eigenvalue weighted by Crippen LogP contribution is 2.16. The first-order valence-corrected chi connectivity index (χ1v) is 7.76. The van der Waals surface area contributed by atoms with Crippen LogP contribution < -0.4 is 10.3 Å². The maximum atomic E-state index is 13.5. The summed E-state index contributed by atoms with van der Waals surface area (Å²) in [5.41, 5.74) is -0.274. The molecule has 1 N–H and O–H groups in total. The Morgan fingerprint density at radius 2 is 2.00 bits per heavy atom. The Bertz CT molecular complexity index is 850. The zero-order chi connectivity index (χ0) is 16.3. The van der Waals surface area contributed by atoms with Gasteiger partial charge in [0, 0.05) is 32.3 Å². The predicted molar refractivity (Wildman–Crippen MR) is 74.7 cm³/mol. The average Bonchev–Trinajstić information content (AvgIpc) is 2.46. The molecule has 0 atom stereocenters. The summed E-state index contributed by atoms with van der Waals surface area (Å²) in [5, 5.41) is 0. The number of rotatable bonds is 5. The van der Waals surface area contributed by atoms with E-state index in [2.05, 4.69) is 9.71 Å². The lowest BCUT2D eigenvalue weighted by molar-refractivity contribution is 0.483. The van der Waals surface area contributed by atoms with E-state index in [9.17, 15) is 22.0 Å². The molecule has 0 amide bonds. The summed E-state index contributed by atoms with van der Waals surface area (Å²) in [6.45, 7) is -0.109. The molecule has 1 aromatic carbocycles. The van der Waals surface area contributed by atoms with Crippen LogP contribution in [-0.2, 0) is 23.5 Å². The quantitative estimate of drug-likeness (QED) is 0.870. The molecule has 9 heteroatoms. The largest absolute Gasteiger partial charge is 0.300 e. The first-order valence-electron chi connectivity index (χ1n) is 6.27. The SMILES string of the molecule is Cn1c(CCNS(=O)(=O)c2cccc(F)c2F)nccc1=O. The van der Waals surface area contributed by atoms with Crippen LogP contribution in [0.15, 0.2) is 40.2 Å². The number of nitrogens with one attached hydrogen (secondary N) is 1. The van der Waals surface area contributed by atoms with Crippen LogP contribution in [0.1, 0.15) is 5.82 Å². The summed E-state index contributed by atoms with van der Waals surface area (Å²) in [4.78, 5) is 14.6. The second kappa shape index (κ2) is 6.32. The molecule has 0 spiro atoms. The fraction of sp³-hybridized carbons (Fsp3) is 0.231. The van der Waals surface area contributed by atoms with Gasteiger partial charge < -0.3 is 0 Å². The maximum absolute atomic E-state index is 13.5. The molecule has 0 unspecified atom stereocenters. The first kappa shape index (κ1) is 16.2. The van der Waals surface area contributed by atoms with Crippen LogP contribution in [0, 0.1) is 11.6 Å². The molecular weight excluding hydrogens is 316 g/mol. The summed E-state index contributed by atoms with van der Waals surface area (Å²) >= 11 is 0. The summed E-state index contributed by atoms with van der Waals surface area (Å²) < 4.78 is 53.9. The number of aromatic nitrogens is 2. The van der Waals surface area contributed by atoms with Crippen molar-refractivity contribution in [3.63, 3.8) is 0 Å². The monoisotopic (exact) mass is 329 g/mol. The summed E-state index contributed by atoms with van der Waals surface area (Å²) in [6, 6.07) is 4.18. The van der Waals surface area contributed by atoms with Crippen molar-refractivity contribution in [3.05, 3.63) is 58.3 Å². The number of hydrogen-bond donors (Lipinski definition) is 1. The molecule has 0 aliphatic heterocycles. The van der Waals surface area contributed by atoms with E-state index in [4.69, 9.17) is 0 Å². The third-order valence-corrected chi connectivity index (χ3v) is 4.48. The third kappa shape index (κ3) is 3.37. The van der Waals surface area contributed by atoms with Crippen molar-refractivity contribution in [2.75, 3.05) is 6.54 Å². The standard InChI is InChI=1S/C13H13F2N3O3S/c1-18-11(16-7-6-12(18)19)5-8-17-22(20,21)10-4-2-3-9(14)13(10)15/h2-4,6-7,17H,5,8H2,1H3. The van der Waals surface area contributed by atoms with Gasteiger partial charge in [-0.3, -0.25) is 9.36 Å². The lowest BCUT2D eigenvalue weighted by atomic mass is 10.3. The lowest BCUT2D eigenvalue weighted by Crippen LogP contribution is -2.29. The second-order valence-corrected chi connectivity index (χ2v) is 6.19. The minimum atomic E-state index is -4.19. The van der Waals surface area contributed by atoms with Crippen molar-refractivity contribution in [1.82, 2.24) is 14.3 Å². The second-order valence-electron chi connectivity index (χ2n) is 4.46. The fourth-order valence-corrected chi connectivity index (χ4v) is 2.93. The van der Waals surface area contributed by atoms with E-state index in [0.29, 0.717) is 5.82 Å². The molecule has 0 bridgehead atoms. The third-order valence-electron chi connectivity index (χ3n) is 3.00. The van der Waals surface area contributed by atoms with E-state index >= 15 is 0 Å². The Morgan fingerprint density at radius 3 is 2.73 bits per heavy atom. The molecule has 0 fully saturated rings. The molecule has 0 aliphatic rings. The van der Waals surface area contributed by atoms with Crippen LogP contribution in [0.4, 0.5) is 8.78 Å². The zero-order valence-electron chi connectivity index (χ0n) is 11.6. The van der Waals surface area contributed by atoms with Crippen LogP contribution in [0.5, 0.6) is 0 Å². The van der Waals surface area contributed by atoms with Gasteiger partial charge in [0.2, 0.25) is 10.0 Å². The fourth-order valence-electron chi connectivity index (χ4n) is 1.81. The van der Waals surface area contributed by atoms with Crippen LogP contribution in [0.25, 0.3) is 0 Å². The zero-order valence-corrected chi connectivity index (χ0v) is 12.4. The van der Waals surface area contributed by atoms with Crippen molar-refractivity contribution in [3.8, 4) is 0 Å². The minimum Gasteiger partial charge on any atom is -0.300 e. The van der Waals surface area contributed by atoms with Crippen LogP contribution in [0.2, 0.25) is 0 Å². The van der Waals surface area contributed by atoms with E-state index in [1.165, 1.54) is 23.9 Å². The van der Waals surface area contributed by atoms with Crippen LogP contribution in [0.3, 0.4) is 0 Å². The van der Waals surface area contributed by atoms with Gasteiger partial charge in [0.1, 0.15) is 10.7 Å². The van der Waals surface area contributed by atoms with Gasteiger partial charge in [0.15, 0.2) is 11.6 Å². The number of nitrogens with zero attached hydrogens (tertiary/aromatic N) is 2. The van der Waals surface area contributed by atoms with E-state index in [1.807, 2.05) is 0 Å². The Kier molecular flexibility index (Phi) is 4.67. The van der Waals surface area contributed by atoms with Crippen molar-refractivity contribution in [1.29, 1.82) is 0 Å².